The Morgan fingerprint density at radius 2 is 2.05 bits per heavy atom. The predicted octanol–water partition coefficient (Wildman–Crippen LogP) is 2.58. The van der Waals surface area contributed by atoms with Crippen molar-refractivity contribution in [3.8, 4) is 0 Å². The van der Waals surface area contributed by atoms with Crippen LogP contribution in [0.5, 0.6) is 0 Å². The molecule has 0 aromatic heterocycles. The van der Waals surface area contributed by atoms with Crippen LogP contribution in [0.4, 0.5) is 0 Å². The maximum Gasteiger partial charge on any atom is 0.224 e. The Kier molecular flexibility index (Phi) is 5.89. The molecule has 0 unspecified atom stereocenters. The number of carbonyl (C=O) groups excluding carboxylic acids is 1. The van der Waals surface area contributed by atoms with Gasteiger partial charge in [-0.2, -0.15) is 0 Å². The average molecular weight is 310 g/mol. The van der Waals surface area contributed by atoms with Gasteiger partial charge in [-0.3, -0.25) is 4.79 Å². The number of rotatable bonds is 6. The van der Waals surface area contributed by atoms with E-state index in [9.17, 15) is 4.79 Å². The molecule has 0 radical (unpaired) electrons. The summed E-state index contributed by atoms with van der Waals surface area (Å²) in [5, 5.41) is 6.69. The van der Waals surface area contributed by atoms with Crippen molar-refractivity contribution in [3.05, 3.63) is 0 Å². The summed E-state index contributed by atoms with van der Waals surface area (Å²) in [6.45, 7) is 10.3. The van der Waals surface area contributed by atoms with E-state index < -0.39 is 0 Å². The summed E-state index contributed by atoms with van der Waals surface area (Å²) in [5.74, 6) is 0.936. The Hall–Kier alpha value is -0.610. The largest absolute Gasteiger partial charge is 0.385 e. The van der Waals surface area contributed by atoms with Gasteiger partial charge in [-0.15, -0.1) is 0 Å². The summed E-state index contributed by atoms with van der Waals surface area (Å²) in [4.78, 5) is 12.5. The molecule has 1 saturated carbocycles. The highest BCUT2D eigenvalue weighted by atomic mass is 16.5. The second-order valence-electron chi connectivity index (χ2n) is 8.47. The topological polar surface area (TPSA) is 50.4 Å². The minimum Gasteiger partial charge on any atom is -0.385 e. The molecule has 2 atom stereocenters. The Morgan fingerprint density at radius 3 is 2.59 bits per heavy atom. The van der Waals surface area contributed by atoms with E-state index in [1.165, 1.54) is 19.3 Å². The van der Waals surface area contributed by atoms with Crippen molar-refractivity contribution in [2.24, 2.45) is 22.7 Å². The molecule has 1 amide bonds. The monoisotopic (exact) mass is 310 g/mol. The molecule has 22 heavy (non-hydrogen) atoms. The summed E-state index contributed by atoms with van der Waals surface area (Å²) < 4.78 is 5.23. The number of amides is 1. The Morgan fingerprint density at radius 1 is 1.32 bits per heavy atom. The molecule has 2 rings (SSSR count). The average Bonchev–Trinajstić information content (AvgIpc) is 2.45. The van der Waals surface area contributed by atoms with Gasteiger partial charge in [0.1, 0.15) is 0 Å². The van der Waals surface area contributed by atoms with E-state index in [0.717, 1.165) is 39.1 Å². The van der Waals surface area contributed by atoms with Gasteiger partial charge in [0.2, 0.25) is 5.91 Å². The van der Waals surface area contributed by atoms with Crippen molar-refractivity contribution in [1.82, 2.24) is 10.6 Å². The highest BCUT2D eigenvalue weighted by Crippen LogP contribution is 2.43. The standard InChI is InChI=1S/C18H34N2O2/c1-17(2,3)15-10-14(11-19-12-15)16(21)20-13-18(6-5-7-18)8-9-22-4/h14-15,19H,5-13H2,1-4H3,(H,20,21)/t14-,15+/m0/s1. The molecule has 0 aromatic rings. The molecule has 2 N–H and O–H groups in total. The van der Waals surface area contributed by atoms with E-state index in [2.05, 4.69) is 31.4 Å². The summed E-state index contributed by atoms with van der Waals surface area (Å²) in [6.07, 6.45) is 5.82. The minimum atomic E-state index is 0.123. The SMILES string of the molecule is COCCC1(CNC(=O)[C@@H]2CNC[C@H](C(C)(C)C)C2)CCC1. The van der Waals surface area contributed by atoms with Crippen molar-refractivity contribution in [2.75, 3.05) is 33.4 Å². The summed E-state index contributed by atoms with van der Waals surface area (Å²) in [6, 6.07) is 0. The van der Waals surface area contributed by atoms with Gasteiger partial charge < -0.3 is 15.4 Å². The van der Waals surface area contributed by atoms with Crippen molar-refractivity contribution in [3.63, 3.8) is 0 Å². The van der Waals surface area contributed by atoms with Crippen LogP contribution < -0.4 is 10.6 Å². The van der Waals surface area contributed by atoms with Crippen LogP contribution in [-0.2, 0) is 9.53 Å². The number of hydrogen-bond donors (Lipinski definition) is 2. The minimum absolute atomic E-state index is 0.123. The summed E-state index contributed by atoms with van der Waals surface area (Å²) in [7, 11) is 1.76. The van der Waals surface area contributed by atoms with E-state index in [4.69, 9.17) is 4.74 Å². The molecule has 0 spiro atoms. The molecule has 1 aliphatic carbocycles. The molecular weight excluding hydrogens is 276 g/mol. The van der Waals surface area contributed by atoms with Crippen LogP contribution in [-0.4, -0.2) is 39.3 Å². The fourth-order valence-corrected chi connectivity index (χ4v) is 3.73. The number of hydrogen-bond acceptors (Lipinski definition) is 3. The van der Waals surface area contributed by atoms with Crippen LogP contribution in [0.25, 0.3) is 0 Å². The van der Waals surface area contributed by atoms with Crippen LogP contribution >= 0.6 is 0 Å². The number of piperidine rings is 1. The quantitative estimate of drug-likeness (QED) is 0.793. The Balaban J connectivity index is 1.81. The lowest BCUT2D eigenvalue weighted by Gasteiger charge is -2.43. The highest BCUT2D eigenvalue weighted by Gasteiger charge is 2.38. The first kappa shape index (κ1) is 17.7. The van der Waals surface area contributed by atoms with E-state index in [0.29, 0.717) is 11.3 Å². The van der Waals surface area contributed by atoms with E-state index in [1.54, 1.807) is 7.11 Å². The van der Waals surface area contributed by atoms with Crippen LogP contribution in [0.2, 0.25) is 0 Å². The molecule has 2 fully saturated rings. The molecule has 1 heterocycles. The zero-order valence-corrected chi connectivity index (χ0v) is 14.8. The second kappa shape index (κ2) is 7.31. The van der Waals surface area contributed by atoms with Crippen molar-refractivity contribution >= 4 is 5.91 Å². The smallest absolute Gasteiger partial charge is 0.224 e. The first-order chi connectivity index (χ1) is 10.4. The maximum absolute atomic E-state index is 12.5. The van der Waals surface area contributed by atoms with E-state index >= 15 is 0 Å². The van der Waals surface area contributed by atoms with Crippen LogP contribution in [0.15, 0.2) is 0 Å². The van der Waals surface area contributed by atoms with Crippen molar-refractivity contribution < 1.29 is 9.53 Å². The number of ether oxygens (including phenoxy) is 1. The number of carbonyl (C=O) groups is 1. The zero-order valence-electron chi connectivity index (χ0n) is 14.8. The summed E-state index contributed by atoms with van der Waals surface area (Å²) >= 11 is 0. The van der Waals surface area contributed by atoms with Crippen LogP contribution in [0, 0.1) is 22.7 Å². The molecule has 0 aromatic carbocycles. The fourth-order valence-electron chi connectivity index (χ4n) is 3.73. The molecule has 4 nitrogen and oxygen atoms in total. The Bertz CT molecular complexity index is 372. The maximum atomic E-state index is 12.5. The van der Waals surface area contributed by atoms with Crippen molar-refractivity contribution in [1.29, 1.82) is 0 Å². The third kappa shape index (κ3) is 4.45. The third-order valence-corrected chi connectivity index (χ3v) is 5.83. The normalized spacial score (nSPS) is 28.0. The molecule has 1 aliphatic heterocycles. The van der Waals surface area contributed by atoms with Gasteiger partial charge in [0.15, 0.2) is 0 Å². The first-order valence-corrected chi connectivity index (χ1v) is 8.84. The van der Waals surface area contributed by atoms with Crippen molar-refractivity contribution in [2.45, 2.75) is 52.9 Å². The van der Waals surface area contributed by atoms with E-state index in [-0.39, 0.29) is 17.2 Å². The number of methoxy groups -OCH3 is 1. The van der Waals surface area contributed by atoms with Gasteiger partial charge in [-0.05, 0) is 49.0 Å². The second-order valence-corrected chi connectivity index (χ2v) is 8.47. The van der Waals surface area contributed by atoms with Crippen LogP contribution in [0.3, 0.4) is 0 Å². The Labute approximate surface area is 135 Å². The molecule has 2 aliphatic rings. The van der Waals surface area contributed by atoms with Gasteiger partial charge in [-0.25, -0.2) is 0 Å². The molecule has 128 valence electrons. The third-order valence-electron chi connectivity index (χ3n) is 5.83. The van der Waals surface area contributed by atoms with Gasteiger partial charge in [0, 0.05) is 26.8 Å². The lowest BCUT2D eigenvalue weighted by atomic mass is 9.66. The van der Waals surface area contributed by atoms with Gasteiger partial charge >= 0.3 is 0 Å². The molecule has 1 saturated heterocycles. The molecular formula is C18H34N2O2. The van der Waals surface area contributed by atoms with Gasteiger partial charge in [0.25, 0.3) is 0 Å². The first-order valence-electron chi connectivity index (χ1n) is 8.84. The number of nitrogens with one attached hydrogen (secondary N) is 2. The highest BCUT2D eigenvalue weighted by molar-refractivity contribution is 5.79. The zero-order chi connectivity index (χ0) is 16.2. The predicted molar refractivity (Wildman–Crippen MR) is 89.7 cm³/mol. The van der Waals surface area contributed by atoms with Gasteiger partial charge in [-0.1, -0.05) is 27.2 Å². The van der Waals surface area contributed by atoms with E-state index in [1.807, 2.05) is 0 Å². The lowest BCUT2D eigenvalue weighted by molar-refractivity contribution is -0.127. The lowest BCUT2D eigenvalue weighted by Crippen LogP contribution is -2.50. The van der Waals surface area contributed by atoms with Gasteiger partial charge in [0.05, 0.1) is 5.92 Å². The fraction of sp³-hybridized carbons (Fsp3) is 0.944. The summed E-state index contributed by atoms with van der Waals surface area (Å²) in [5.41, 5.74) is 0.566. The molecule has 0 bridgehead atoms. The molecule has 4 heteroatoms. The van der Waals surface area contributed by atoms with Crippen LogP contribution in [0.1, 0.15) is 52.9 Å².